The molecular formula is C27H35F2N5O3S. The van der Waals surface area contributed by atoms with Crippen molar-refractivity contribution in [3.05, 3.63) is 42.0 Å². The number of hydrogen-bond acceptors (Lipinski definition) is 5. The zero-order valence-corrected chi connectivity index (χ0v) is 22.9. The molecule has 2 saturated carbocycles. The lowest BCUT2D eigenvalue weighted by atomic mass is 9.86. The third kappa shape index (κ3) is 5.77. The van der Waals surface area contributed by atoms with Gasteiger partial charge in [0.05, 0.1) is 28.5 Å². The SMILES string of the molecule is CC(C)(C)c1nc2cc(S(=O)(=O)n3cc(CC(=O)NCC4CC4)cn3)ccc2n1CC1CCC(F)(F)CC1. The van der Waals surface area contributed by atoms with Crippen LogP contribution in [0.3, 0.4) is 0 Å². The summed E-state index contributed by atoms with van der Waals surface area (Å²) in [5.74, 6) is -1.28. The summed E-state index contributed by atoms with van der Waals surface area (Å²) in [4.78, 5) is 17.0. The topological polar surface area (TPSA) is 98.9 Å². The molecule has 1 amide bonds. The van der Waals surface area contributed by atoms with E-state index in [1.165, 1.54) is 24.5 Å². The number of fused-ring (bicyclic) bond motifs is 1. The Balaban J connectivity index is 1.39. The molecule has 0 bridgehead atoms. The van der Waals surface area contributed by atoms with E-state index < -0.39 is 15.9 Å². The molecule has 0 radical (unpaired) electrons. The predicted molar refractivity (Wildman–Crippen MR) is 140 cm³/mol. The van der Waals surface area contributed by atoms with E-state index in [4.69, 9.17) is 4.98 Å². The molecule has 0 atom stereocenters. The quantitative estimate of drug-likeness (QED) is 0.442. The molecule has 2 aliphatic carbocycles. The average Bonchev–Trinajstić information content (AvgIpc) is 3.43. The fourth-order valence-corrected chi connectivity index (χ4v) is 6.23. The lowest BCUT2D eigenvalue weighted by molar-refractivity contribution is -0.120. The number of hydrogen-bond donors (Lipinski definition) is 1. The highest BCUT2D eigenvalue weighted by Crippen LogP contribution is 2.38. The Morgan fingerprint density at radius 2 is 1.84 bits per heavy atom. The van der Waals surface area contributed by atoms with E-state index in [9.17, 15) is 22.0 Å². The molecule has 2 aliphatic rings. The predicted octanol–water partition coefficient (Wildman–Crippen LogP) is 4.66. The molecule has 0 spiro atoms. The van der Waals surface area contributed by atoms with Crippen LogP contribution in [0.2, 0.25) is 0 Å². The third-order valence-corrected chi connectivity index (χ3v) is 9.02. The molecule has 0 aliphatic heterocycles. The van der Waals surface area contributed by atoms with Crippen LogP contribution in [-0.4, -0.2) is 45.5 Å². The third-order valence-electron chi connectivity index (χ3n) is 7.48. The Labute approximate surface area is 221 Å². The van der Waals surface area contributed by atoms with Crippen LogP contribution in [0, 0.1) is 11.8 Å². The number of imidazole rings is 1. The van der Waals surface area contributed by atoms with E-state index in [0.29, 0.717) is 42.9 Å². The number of nitrogens with one attached hydrogen (secondary N) is 1. The van der Waals surface area contributed by atoms with E-state index in [0.717, 1.165) is 28.3 Å². The van der Waals surface area contributed by atoms with Crippen molar-refractivity contribution in [1.29, 1.82) is 0 Å². The highest BCUT2D eigenvalue weighted by Gasteiger charge is 2.36. The minimum Gasteiger partial charge on any atom is -0.356 e. The van der Waals surface area contributed by atoms with E-state index in [1.54, 1.807) is 6.07 Å². The molecule has 2 fully saturated rings. The number of carbonyl (C=O) groups excluding carboxylic acids is 1. The molecule has 2 heterocycles. The lowest BCUT2D eigenvalue weighted by Crippen LogP contribution is -2.28. The van der Waals surface area contributed by atoms with E-state index in [1.807, 2.05) is 20.8 Å². The fourth-order valence-electron chi connectivity index (χ4n) is 5.07. The Kier molecular flexibility index (Phi) is 6.86. The highest BCUT2D eigenvalue weighted by atomic mass is 32.2. The van der Waals surface area contributed by atoms with Crippen LogP contribution in [-0.2, 0) is 33.2 Å². The molecule has 0 saturated heterocycles. The van der Waals surface area contributed by atoms with Gasteiger partial charge in [0.15, 0.2) is 0 Å². The lowest BCUT2D eigenvalue weighted by Gasteiger charge is -2.30. The van der Waals surface area contributed by atoms with Crippen LogP contribution >= 0.6 is 0 Å². The minimum atomic E-state index is -4.00. The van der Waals surface area contributed by atoms with E-state index >= 15 is 0 Å². The second kappa shape index (κ2) is 9.73. The first-order chi connectivity index (χ1) is 17.8. The van der Waals surface area contributed by atoms with Crippen LogP contribution in [0.25, 0.3) is 11.0 Å². The number of halogens is 2. The highest BCUT2D eigenvalue weighted by molar-refractivity contribution is 7.89. The van der Waals surface area contributed by atoms with Gasteiger partial charge >= 0.3 is 0 Å². The van der Waals surface area contributed by atoms with Gasteiger partial charge in [-0.3, -0.25) is 4.79 Å². The van der Waals surface area contributed by atoms with Crippen molar-refractivity contribution in [2.75, 3.05) is 6.54 Å². The van der Waals surface area contributed by atoms with Crippen molar-refractivity contribution < 1.29 is 22.0 Å². The number of rotatable bonds is 8. The average molecular weight is 548 g/mol. The first kappa shape index (κ1) is 26.8. The molecule has 3 aromatic rings. The zero-order chi connectivity index (χ0) is 27.3. The molecule has 2 aromatic heterocycles. The van der Waals surface area contributed by atoms with Crippen molar-refractivity contribution >= 4 is 27.0 Å². The maximum absolute atomic E-state index is 13.7. The number of alkyl halides is 2. The number of nitrogens with zero attached hydrogens (tertiary/aromatic N) is 4. The zero-order valence-electron chi connectivity index (χ0n) is 22.1. The van der Waals surface area contributed by atoms with Crippen LogP contribution in [0.1, 0.15) is 70.7 Å². The summed E-state index contributed by atoms with van der Waals surface area (Å²) in [5, 5.41) is 6.89. The van der Waals surface area contributed by atoms with Gasteiger partial charge in [0, 0.05) is 43.1 Å². The Morgan fingerprint density at radius 1 is 1.13 bits per heavy atom. The van der Waals surface area contributed by atoms with Crippen LogP contribution in [0.4, 0.5) is 8.78 Å². The Bertz CT molecular complexity index is 1440. The number of aromatic nitrogens is 4. The van der Waals surface area contributed by atoms with Gasteiger partial charge in [-0.1, -0.05) is 20.8 Å². The summed E-state index contributed by atoms with van der Waals surface area (Å²) in [6, 6.07) is 4.80. The summed E-state index contributed by atoms with van der Waals surface area (Å²) >= 11 is 0. The summed E-state index contributed by atoms with van der Waals surface area (Å²) in [6.07, 6.45) is 5.78. The van der Waals surface area contributed by atoms with Gasteiger partial charge in [0.2, 0.25) is 11.8 Å². The summed E-state index contributed by atoms with van der Waals surface area (Å²) in [5.41, 5.74) is 1.50. The largest absolute Gasteiger partial charge is 0.356 e. The molecular weight excluding hydrogens is 512 g/mol. The van der Waals surface area contributed by atoms with Crippen molar-refractivity contribution in [2.45, 2.75) is 88.5 Å². The Morgan fingerprint density at radius 3 is 2.50 bits per heavy atom. The van der Waals surface area contributed by atoms with Crippen molar-refractivity contribution in [3.8, 4) is 0 Å². The molecule has 8 nitrogen and oxygen atoms in total. The molecule has 11 heteroatoms. The monoisotopic (exact) mass is 547 g/mol. The molecule has 1 aromatic carbocycles. The van der Waals surface area contributed by atoms with Gasteiger partial charge in [0.1, 0.15) is 5.82 Å². The first-order valence-electron chi connectivity index (χ1n) is 13.3. The van der Waals surface area contributed by atoms with Crippen molar-refractivity contribution in [1.82, 2.24) is 24.1 Å². The summed E-state index contributed by atoms with van der Waals surface area (Å²) in [6.45, 7) is 7.31. The normalized spacial score (nSPS) is 18.7. The van der Waals surface area contributed by atoms with Crippen molar-refractivity contribution in [2.24, 2.45) is 11.8 Å². The maximum atomic E-state index is 13.7. The second-order valence-electron chi connectivity index (χ2n) is 11.9. The van der Waals surface area contributed by atoms with Crippen LogP contribution in [0.5, 0.6) is 0 Å². The van der Waals surface area contributed by atoms with Gasteiger partial charge in [-0.2, -0.15) is 17.6 Å². The minimum absolute atomic E-state index is 0.0419. The molecule has 206 valence electrons. The standard InChI is InChI=1S/C27H35F2N5O3S/c1-26(2,3)25-32-22-13-21(6-7-23(22)33(25)16-19-8-10-27(28,29)11-9-19)38(36,37)34-17-20(15-31-34)12-24(35)30-14-18-4-5-18/h6-7,13,15,17-19H,4-5,8-12,14,16H2,1-3H3,(H,30,35). The number of carbonyl (C=O) groups is 1. The van der Waals surface area contributed by atoms with E-state index in [2.05, 4.69) is 15.0 Å². The smallest absolute Gasteiger partial charge is 0.283 e. The summed E-state index contributed by atoms with van der Waals surface area (Å²) in [7, 11) is -4.00. The van der Waals surface area contributed by atoms with Gasteiger partial charge in [-0.05, 0) is 55.7 Å². The molecule has 1 N–H and O–H groups in total. The van der Waals surface area contributed by atoms with Crippen LogP contribution < -0.4 is 5.32 Å². The molecule has 5 rings (SSSR count). The second-order valence-corrected chi connectivity index (χ2v) is 13.7. The van der Waals surface area contributed by atoms with Crippen LogP contribution in [0.15, 0.2) is 35.5 Å². The Hall–Kier alpha value is -2.82. The number of amides is 1. The van der Waals surface area contributed by atoms with Gasteiger partial charge in [0.25, 0.3) is 10.0 Å². The molecule has 0 unspecified atom stereocenters. The first-order valence-corrected chi connectivity index (χ1v) is 14.7. The van der Waals surface area contributed by atoms with Gasteiger partial charge < -0.3 is 9.88 Å². The fraction of sp³-hybridized carbons (Fsp3) is 0.593. The van der Waals surface area contributed by atoms with Gasteiger partial charge in [-0.25, -0.2) is 13.8 Å². The van der Waals surface area contributed by atoms with E-state index in [-0.39, 0.29) is 41.4 Å². The maximum Gasteiger partial charge on any atom is 0.283 e. The van der Waals surface area contributed by atoms with Crippen molar-refractivity contribution in [3.63, 3.8) is 0 Å². The summed E-state index contributed by atoms with van der Waals surface area (Å²) < 4.78 is 57.1. The molecule has 38 heavy (non-hydrogen) atoms. The van der Waals surface area contributed by atoms with Gasteiger partial charge in [-0.15, -0.1) is 0 Å². The number of benzene rings is 1.